The van der Waals surface area contributed by atoms with Crippen LogP contribution in [0.25, 0.3) is 0 Å². The summed E-state index contributed by atoms with van der Waals surface area (Å²) in [6.45, 7) is 17.7. The van der Waals surface area contributed by atoms with Crippen molar-refractivity contribution in [3.05, 3.63) is 63.7 Å². The van der Waals surface area contributed by atoms with Gasteiger partial charge in [0.1, 0.15) is 5.75 Å². The summed E-state index contributed by atoms with van der Waals surface area (Å²) in [7, 11) is 0. The van der Waals surface area contributed by atoms with E-state index in [1.54, 1.807) is 0 Å². The smallest absolute Gasteiger partial charge is 0.122 e. The lowest BCUT2D eigenvalue weighted by Gasteiger charge is -2.19. The molecule has 0 aliphatic carbocycles. The molecule has 1 nitrogen and oxygen atoms in total. The Morgan fingerprint density at radius 1 is 0.577 bits per heavy atom. The zero-order valence-electron chi connectivity index (χ0n) is 17.9. The van der Waals surface area contributed by atoms with E-state index in [4.69, 9.17) is 0 Å². The number of phenolic OH excluding ortho intramolecular Hbond substituents is 1. The van der Waals surface area contributed by atoms with Crippen LogP contribution in [0.3, 0.4) is 0 Å². The highest BCUT2D eigenvalue weighted by atomic mass is 16.3. The second-order valence-electron chi connectivity index (χ2n) is 8.93. The summed E-state index contributed by atoms with van der Waals surface area (Å²) in [4.78, 5) is 0. The highest BCUT2D eigenvalue weighted by Crippen LogP contribution is 2.35. The summed E-state index contributed by atoms with van der Waals surface area (Å²) in [6.07, 6.45) is 0.917. The molecule has 0 amide bonds. The first-order valence-corrected chi connectivity index (χ1v) is 10.1. The zero-order valence-corrected chi connectivity index (χ0v) is 17.9. The SMILES string of the molecule is CC(C)c1cc(Cc2cc(C(C)C)c(O)c(C(C)C)c2)cc(C(C)C)c1. The van der Waals surface area contributed by atoms with Gasteiger partial charge in [-0.25, -0.2) is 0 Å². The fourth-order valence-corrected chi connectivity index (χ4v) is 3.48. The third-order valence-electron chi connectivity index (χ3n) is 5.25. The van der Waals surface area contributed by atoms with Crippen molar-refractivity contribution < 1.29 is 5.11 Å². The van der Waals surface area contributed by atoms with Crippen LogP contribution in [-0.4, -0.2) is 5.11 Å². The Kier molecular flexibility index (Phi) is 6.55. The minimum absolute atomic E-state index is 0.320. The van der Waals surface area contributed by atoms with Gasteiger partial charge in [-0.15, -0.1) is 0 Å². The first-order chi connectivity index (χ1) is 12.1. The fraction of sp³-hybridized carbons (Fsp3) is 0.520. The molecule has 0 saturated heterocycles. The van der Waals surface area contributed by atoms with Gasteiger partial charge in [0.05, 0.1) is 0 Å². The van der Waals surface area contributed by atoms with Gasteiger partial charge in [0, 0.05) is 0 Å². The summed E-state index contributed by atoms with van der Waals surface area (Å²) < 4.78 is 0. The lowest BCUT2D eigenvalue weighted by atomic mass is 9.88. The molecular formula is C25H36O. The van der Waals surface area contributed by atoms with Crippen molar-refractivity contribution in [2.45, 2.75) is 85.5 Å². The first-order valence-electron chi connectivity index (χ1n) is 10.1. The second-order valence-corrected chi connectivity index (χ2v) is 8.93. The molecule has 2 aromatic rings. The van der Waals surface area contributed by atoms with Crippen molar-refractivity contribution in [2.75, 3.05) is 0 Å². The highest BCUT2D eigenvalue weighted by molar-refractivity contribution is 5.48. The lowest BCUT2D eigenvalue weighted by molar-refractivity contribution is 0.454. The van der Waals surface area contributed by atoms with Crippen molar-refractivity contribution in [2.24, 2.45) is 0 Å². The first kappa shape index (κ1) is 20.6. The van der Waals surface area contributed by atoms with Gasteiger partial charge in [-0.05, 0) is 63.5 Å². The molecule has 1 N–H and O–H groups in total. The average Bonchev–Trinajstić information content (AvgIpc) is 2.55. The third-order valence-corrected chi connectivity index (χ3v) is 5.25. The molecule has 142 valence electrons. The van der Waals surface area contributed by atoms with E-state index in [2.05, 4.69) is 85.7 Å². The average molecular weight is 353 g/mol. The Morgan fingerprint density at radius 2 is 0.962 bits per heavy atom. The molecule has 0 aromatic heterocycles. The van der Waals surface area contributed by atoms with Crippen LogP contribution in [0.2, 0.25) is 0 Å². The fourth-order valence-electron chi connectivity index (χ4n) is 3.48. The molecule has 0 radical (unpaired) electrons. The number of hydrogen-bond donors (Lipinski definition) is 1. The van der Waals surface area contributed by atoms with Crippen molar-refractivity contribution in [1.29, 1.82) is 0 Å². The quantitative estimate of drug-likeness (QED) is 0.571. The van der Waals surface area contributed by atoms with E-state index in [1.165, 1.54) is 22.3 Å². The molecule has 0 aliphatic rings. The number of aromatic hydroxyl groups is 1. The number of phenols is 1. The van der Waals surface area contributed by atoms with E-state index in [0.29, 0.717) is 29.4 Å². The van der Waals surface area contributed by atoms with Crippen molar-refractivity contribution in [3.63, 3.8) is 0 Å². The summed E-state index contributed by atoms with van der Waals surface area (Å²) >= 11 is 0. The molecule has 0 fully saturated rings. The van der Waals surface area contributed by atoms with Crippen LogP contribution in [0.1, 0.15) is 112 Å². The minimum Gasteiger partial charge on any atom is -0.507 e. The maximum absolute atomic E-state index is 10.7. The molecule has 0 atom stereocenters. The Labute approximate surface area is 160 Å². The molecule has 0 spiro atoms. The molecule has 0 aliphatic heterocycles. The minimum atomic E-state index is 0.320. The Morgan fingerprint density at radius 3 is 1.31 bits per heavy atom. The van der Waals surface area contributed by atoms with Crippen LogP contribution in [0.4, 0.5) is 0 Å². The van der Waals surface area contributed by atoms with Crippen LogP contribution in [0.15, 0.2) is 30.3 Å². The maximum atomic E-state index is 10.7. The second kappa shape index (κ2) is 8.29. The van der Waals surface area contributed by atoms with Crippen molar-refractivity contribution in [1.82, 2.24) is 0 Å². The molecule has 1 heteroatoms. The van der Waals surface area contributed by atoms with Crippen LogP contribution >= 0.6 is 0 Å². The Balaban J connectivity index is 2.51. The van der Waals surface area contributed by atoms with Gasteiger partial charge in [-0.1, -0.05) is 85.7 Å². The van der Waals surface area contributed by atoms with Gasteiger partial charge >= 0.3 is 0 Å². The third kappa shape index (κ3) is 4.69. The summed E-state index contributed by atoms with van der Waals surface area (Å²) in [6, 6.07) is 11.5. The van der Waals surface area contributed by atoms with Crippen molar-refractivity contribution >= 4 is 0 Å². The molecule has 2 rings (SSSR count). The van der Waals surface area contributed by atoms with E-state index < -0.39 is 0 Å². The predicted octanol–water partition coefficient (Wildman–Crippen LogP) is 7.48. The monoisotopic (exact) mass is 352 g/mol. The van der Waals surface area contributed by atoms with Gasteiger partial charge in [-0.2, -0.15) is 0 Å². The van der Waals surface area contributed by atoms with Gasteiger partial charge in [-0.3, -0.25) is 0 Å². The largest absolute Gasteiger partial charge is 0.507 e. The number of rotatable bonds is 6. The van der Waals surface area contributed by atoms with E-state index in [-0.39, 0.29) is 0 Å². The van der Waals surface area contributed by atoms with Crippen LogP contribution < -0.4 is 0 Å². The van der Waals surface area contributed by atoms with E-state index in [9.17, 15) is 5.11 Å². The highest BCUT2D eigenvalue weighted by Gasteiger charge is 2.16. The Bertz CT molecular complexity index is 695. The summed E-state index contributed by atoms with van der Waals surface area (Å²) in [5.41, 5.74) is 7.63. The number of benzene rings is 2. The number of hydrogen-bond acceptors (Lipinski definition) is 1. The molecule has 2 aromatic carbocycles. The molecule has 0 bridgehead atoms. The molecule has 0 saturated carbocycles. The molecule has 0 heterocycles. The molecule has 26 heavy (non-hydrogen) atoms. The zero-order chi connectivity index (χ0) is 19.6. The van der Waals surface area contributed by atoms with Crippen LogP contribution in [-0.2, 0) is 6.42 Å². The van der Waals surface area contributed by atoms with Gasteiger partial charge < -0.3 is 5.11 Å². The maximum Gasteiger partial charge on any atom is 0.122 e. The summed E-state index contributed by atoms with van der Waals surface area (Å²) in [5, 5.41) is 10.7. The van der Waals surface area contributed by atoms with Crippen molar-refractivity contribution in [3.8, 4) is 5.75 Å². The van der Waals surface area contributed by atoms with Gasteiger partial charge in [0.2, 0.25) is 0 Å². The molecular weight excluding hydrogens is 316 g/mol. The summed E-state index contributed by atoms with van der Waals surface area (Å²) in [5.74, 6) is 2.19. The predicted molar refractivity (Wildman–Crippen MR) is 114 cm³/mol. The lowest BCUT2D eigenvalue weighted by Crippen LogP contribution is -2.01. The van der Waals surface area contributed by atoms with Crippen LogP contribution in [0, 0.1) is 0 Å². The van der Waals surface area contributed by atoms with Gasteiger partial charge in [0.25, 0.3) is 0 Å². The Hall–Kier alpha value is -1.76. The topological polar surface area (TPSA) is 20.2 Å². The normalized spacial score (nSPS) is 12.0. The van der Waals surface area contributed by atoms with E-state index >= 15 is 0 Å². The van der Waals surface area contributed by atoms with Gasteiger partial charge in [0.15, 0.2) is 0 Å². The molecule has 0 unspecified atom stereocenters. The van der Waals surface area contributed by atoms with E-state index in [0.717, 1.165) is 17.5 Å². The van der Waals surface area contributed by atoms with E-state index in [1.807, 2.05) is 0 Å². The van der Waals surface area contributed by atoms with Crippen LogP contribution in [0.5, 0.6) is 5.75 Å². The standard InChI is InChI=1S/C25H36O/c1-15(2)21-10-19(11-22(14-21)16(3)4)9-20-12-23(17(5)6)25(26)24(13-20)18(7)8/h10-18,26H,9H2,1-8H3.